The standard InChI is InChI=1S/C17H12FNO2/c1-11-17(9-12-5-2-3-7-15(12)19-11)21-16-8-4-6-14(18)13(16)10-20/h2-10H,1H3. The van der Waals surface area contributed by atoms with E-state index in [-0.39, 0.29) is 11.3 Å². The number of pyridine rings is 1. The Morgan fingerprint density at radius 1 is 1.10 bits per heavy atom. The highest BCUT2D eigenvalue weighted by molar-refractivity contribution is 5.82. The molecule has 0 amide bonds. The number of carbonyl (C=O) groups is 1. The smallest absolute Gasteiger partial charge is 0.156 e. The van der Waals surface area contributed by atoms with Gasteiger partial charge < -0.3 is 4.74 Å². The first-order valence-electron chi connectivity index (χ1n) is 6.47. The number of nitrogens with zero attached hydrogens (tertiary/aromatic N) is 1. The van der Waals surface area contributed by atoms with E-state index in [1.54, 1.807) is 6.07 Å². The van der Waals surface area contributed by atoms with Crippen molar-refractivity contribution in [2.24, 2.45) is 0 Å². The molecule has 0 fully saturated rings. The average molecular weight is 281 g/mol. The minimum absolute atomic E-state index is 0.0925. The van der Waals surface area contributed by atoms with Crippen LogP contribution in [0.15, 0.2) is 48.5 Å². The van der Waals surface area contributed by atoms with Crippen LogP contribution in [-0.4, -0.2) is 11.3 Å². The molecular formula is C17H12FNO2. The van der Waals surface area contributed by atoms with E-state index in [2.05, 4.69) is 4.98 Å². The van der Waals surface area contributed by atoms with Gasteiger partial charge in [-0.1, -0.05) is 24.3 Å². The lowest BCUT2D eigenvalue weighted by Crippen LogP contribution is -1.96. The van der Waals surface area contributed by atoms with Gasteiger partial charge in [0.25, 0.3) is 0 Å². The lowest BCUT2D eigenvalue weighted by Gasteiger charge is -2.11. The van der Waals surface area contributed by atoms with Crippen molar-refractivity contribution >= 4 is 17.2 Å². The molecule has 0 aliphatic rings. The number of aryl methyl sites for hydroxylation is 1. The molecule has 0 aliphatic heterocycles. The summed E-state index contributed by atoms with van der Waals surface area (Å²) in [5, 5.41) is 0.919. The van der Waals surface area contributed by atoms with Gasteiger partial charge in [0.2, 0.25) is 0 Å². The summed E-state index contributed by atoms with van der Waals surface area (Å²) in [5.74, 6) is 0.0847. The highest BCUT2D eigenvalue weighted by Crippen LogP contribution is 2.30. The summed E-state index contributed by atoms with van der Waals surface area (Å²) in [6.07, 6.45) is 0.453. The fourth-order valence-corrected chi connectivity index (χ4v) is 2.14. The van der Waals surface area contributed by atoms with Crippen LogP contribution in [0.2, 0.25) is 0 Å². The van der Waals surface area contributed by atoms with Gasteiger partial charge in [-0.3, -0.25) is 4.79 Å². The van der Waals surface area contributed by atoms with Crippen molar-refractivity contribution in [2.75, 3.05) is 0 Å². The fourth-order valence-electron chi connectivity index (χ4n) is 2.14. The summed E-state index contributed by atoms with van der Waals surface area (Å²) in [5.41, 5.74) is 1.44. The molecule has 0 saturated heterocycles. The van der Waals surface area contributed by atoms with Crippen LogP contribution in [0.3, 0.4) is 0 Å². The van der Waals surface area contributed by atoms with Gasteiger partial charge in [-0.25, -0.2) is 9.37 Å². The molecule has 0 bridgehead atoms. The van der Waals surface area contributed by atoms with Gasteiger partial charge in [-0.05, 0) is 31.2 Å². The Hall–Kier alpha value is -2.75. The van der Waals surface area contributed by atoms with Gasteiger partial charge in [0.1, 0.15) is 17.3 Å². The molecule has 0 N–H and O–H groups in total. The number of aldehydes is 1. The van der Waals surface area contributed by atoms with E-state index in [0.717, 1.165) is 10.9 Å². The molecular weight excluding hydrogens is 269 g/mol. The zero-order chi connectivity index (χ0) is 14.8. The maximum atomic E-state index is 13.6. The van der Waals surface area contributed by atoms with Crippen molar-refractivity contribution < 1.29 is 13.9 Å². The van der Waals surface area contributed by atoms with Crippen LogP contribution in [0.5, 0.6) is 11.5 Å². The molecule has 0 atom stereocenters. The molecule has 1 heterocycles. The number of rotatable bonds is 3. The Balaban J connectivity index is 2.08. The SMILES string of the molecule is Cc1nc2ccccc2cc1Oc1cccc(F)c1C=O. The van der Waals surface area contributed by atoms with Gasteiger partial charge in [-0.15, -0.1) is 0 Å². The van der Waals surface area contributed by atoms with Crippen LogP contribution in [0, 0.1) is 12.7 Å². The van der Waals surface area contributed by atoms with Gasteiger partial charge >= 0.3 is 0 Å². The van der Waals surface area contributed by atoms with Crippen LogP contribution >= 0.6 is 0 Å². The zero-order valence-corrected chi connectivity index (χ0v) is 11.3. The second-order valence-corrected chi connectivity index (χ2v) is 4.64. The Kier molecular flexibility index (Phi) is 3.36. The van der Waals surface area contributed by atoms with Crippen molar-refractivity contribution in [1.29, 1.82) is 0 Å². The molecule has 3 rings (SSSR count). The number of benzene rings is 2. The molecule has 104 valence electrons. The summed E-state index contributed by atoms with van der Waals surface area (Å²) in [6.45, 7) is 1.81. The van der Waals surface area contributed by atoms with E-state index in [0.29, 0.717) is 17.7 Å². The van der Waals surface area contributed by atoms with Crippen molar-refractivity contribution in [3.8, 4) is 11.5 Å². The number of hydrogen-bond acceptors (Lipinski definition) is 3. The van der Waals surface area contributed by atoms with Crippen molar-refractivity contribution in [3.63, 3.8) is 0 Å². The highest BCUT2D eigenvalue weighted by atomic mass is 19.1. The lowest BCUT2D eigenvalue weighted by atomic mass is 10.2. The summed E-state index contributed by atoms with van der Waals surface area (Å²) in [4.78, 5) is 15.4. The van der Waals surface area contributed by atoms with Crippen LogP contribution in [-0.2, 0) is 0 Å². The largest absolute Gasteiger partial charge is 0.455 e. The number of ether oxygens (including phenoxy) is 1. The third-order valence-electron chi connectivity index (χ3n) is 3.22. The van der Waals surface area contributed by atoms with E-state index in [9.17, 15) is 9.18 Å². The average Bonchev–Trinajstić information content (AvgIpc) is 2.48. The molecule has 1 aromatic heterocycles. The summed E-state index contributed by atoms with van der Waals surface area (Å²) >= 11 is 0. The predicted octanol–water partition coefficient (Wildman–Crippen LogP) is 4.29. The molecule has 2 aromatic carbocycles. The predicted molar refractivity (Wildman–Crippen MR) is 78.3 cm³/mol. The summed E-state index contributed by atoms with van der Waals surface area (Å²) < 4.78 is 19.3. The van der Waals surface area contributed by atoms with Crippen LogP contribution < -0.4 is 4.74 Å². The van der Waals surface area contributed by atoms with Crippen molar-refractivity contribution in [2.45, 2.75) is 6.92 Å². The first-order chi connectivity index (χ1) is 10.2. The first kappa shape index (κ1) is 13.2. The third-order valence-corrected chi connectivity index (χ3v) is 3.22. The monoisotopic (exact) mass is 281 g/mol. The number of carbonyl (C=O) groups excluding carboxylic acids is 1. The van der Waals surface area contributed by atoms with Crippen LogP contribution in [0.25, 0.3) is 10.9 Å². The van der Waals surface area contributed by atoms with E-state index in [4.69, 9.17) is 4.74 Å². The summed E-state index contributed by atoms with van der Waals surface area (Å²) in [7, 11) is 0. The van der Waals surface area contributed by atoms with Crippen LogP contribution in [0.4, 0.5) is 4.39 Å². The molecule has 0 unspecified atom stereocenters. The first-order valence-corrected chi connectivity index (χ1v) is 6.47. The number of halogens is 1. The highest BCUT2D eigenvalue weighted by Gasteiger charge is 2.12. The summed E-state index contributed by atoms with van der Waals surface area (Å²) in [6, 6.07) is 13.8. The number of para-hydroxylation sites is 1. The number of aromatic nitrogens is 1. The minimum atomic E-state index is -0.603. The Morgan fingerprint density at radius 2 is 1.90 bits per heavy atom. The molecule has 0 spiro atoms. The van der Waals surface area contributed by atoms with E-state index >= 15 is 0 Å². The second-order valence-electron chi connectivity index (χ2n) is 4.64. The Morgan fingerprint density at radius 3 is 2.71 bits per heavy atom. The third kappa shape index (κ3) is 2.48. The van der Waals surface area contributed by atoms with Gasteiger partial charge in [-0.2, -0.15) is 0 Å². The molecule has 21 heavy (non-hydrogen) atoms. The van der Waals surface area contributed by atoms with E-state index in [1.165, 1.54) is 12.1 Å². The normalized spacial score (nSPS) is 10.6. The van der Waals surface area contributed by atoms with Gasteiger partial charge in [0.05, 0.1) is 16.8 Å². The Labute approximate surface area is 121 Å². The lowest BCUT2D eigenvalue weighted by molar-refractivity contribution is 0.111. The zero-order valence-electron chi connectivity index (χ0n) is 11.3. The molecule has 4 heteroatoms. The maximum absolute atomic E-state index is 13.6. The molecule has 3 aromatic rings. The molecule has 0 radical (unpaired) electrons. The molecule has 3 nitrogen and oxygen atoms in total. The molecule has 0 aliphatic carbocycles. The van der Waals surface area contributed by atoms with Crippen molar-refractivity contribution in [3.05, 3.63) is 65.6 Å². The van der Waals surface area contributed by atoms with Gasteiger partial charge in [0.15, 0.2) is 6.29 Å². The van der Waals surface area contributed by atoms with Crippen molar-refractivity contribution in [1.82, 2.24) is 4.98 Å². The number of fused-ring (bicyclic) bond motifs is 1. The topological polar surface area (TPSA) is 39.2 Å². The number of hydrogen-bond donors (Lipinski definition) is 0. The molecule has 0 saturated carbocycles. The fraction of sp³-hybridized carbons (Fsp3) is 0.0588. The van der Waals surface area contributed by atoms with E-state index < -0.39 is 5.82 Å². The second kappa shape index (κ2) is 5.32. The Bertz CT molecular complexity index is 830. The van der Waals surface area contributed by atoms with E-state index in [1.807, 2.05) is 37.3 Å². The quantitative estimate of drug-likeness (QED) is 0.672. The van der Waals surface area contributed by atoms with Gasteiger partial charge in [0, 0.05) is 5.39 Å². The minimum Gasteiger partial charge on any atom is -0.455 e. The van der Waals surface area contributed by atoms with Crippen LogP contribution in [0.1, 0.15) is 16.1 Å². The maximum Gasteiger partial charge on any atom is 0.156 e.